The molecule has 1 unspecified atom stereocenters. The summed E-state index contributed by atoms with van der Waals surface area (Å²) < 4.78 is 0. The van der Waals surface area contributed by atoms with Crippen molar-refractivity contribution in [2.24, 2.45) is 11.8 Å². The fourth-order valence-corrected chi connectivity index (χ4v) is 0.517. The summed E-state index contributed by atoms with van der Waals surface area (Å²) in [4.78, 5) is 20.8. The first-order valence-corrected chi connectivity index (χ1v) is 3.58. The van der Waals surface area contributed by atoms with Crippen molar-refractivity contribution in [3.8, 4) is 0 Å². The van der Waals surface area contributed by atoms with Crippen LogP contribution >= 0.6 is 0 Å². The summed E-state index contributed by atoms with van der Waals surface area (Å²) in [5, 5.41) is 0. The molecule has 0 spiro atoms. The van der Waals surface area contributed by atoms with Gasteiger partial charge in [0.15, 0.2) is 0 Å². The standard InChI is InChI=1S/C7H14N2O2/c1-5(2)6(3)7(11)9-8-4-10/h4-6H,1-3H3,(H,8,10)(H,9,11). The van der Waals surface area contributed by atoms with Crippen LogP contribution in [0.25, 0.3) is 0 Å². The van der Waals surface area contributed by atoms with Crippen molar-refractivity contribution >= 4 is 12.3 Å². The molecule has 0 rings (SSSR count). The van der Waals surface area contributed by atoms with Gasteiger partial charge in [-0.3, -0.25) is 20.4 Å². The Morgan fingerprint density at radius 3 is 2.27 bits per heavy atom. The number of hydrogen-bond donors (Lipinski definition) is 2. The van der Waals surface area contributed by atoms with Crippen molar-refractivity contribution in [2.45, 2.75) is 20.8 Å². The maximum atomic E-state index is 11.0. The molecule has 0 saturated carbocycles. The minimum atomic E-state index is -0.160. The lowest BCUT2D eigenvalue weighted by atomic mass is 9.98. The Morgan fingerprint density at radius 1 is 1.36 bits per heavy atom. The van der Waals surface area contributed by atoms with Crippen molar-refractivity contribution in [3.63, 3.8) is 0 Å². The summed E-state index contributed by atoms with van der Waals surface area (Å²) in [6.07, 6.45) is 0.435. The van der Waals surface area contributed by atoms with Gasteiger partial charge in [0.2, 0.25) is 12.3 Å². The number of amides is 2. The van der Waals surface area contributed by atoms with E-state index in [1.807, 2.05) is 20.8 Å². The van der Waals surface area contributed by atoms with E-state index in [-0.39, 0.29) is 17.7 Å². The molecular weight excluding hydrogens is 144 g/mol. The van der Waals surface area contributed by atoms with Crippen LogP contribution in [0.3, 0.4) is 0 Å². The summed E-state index contributed by atoms with van der Waals surface area (Å²) in [6.45, 7) is 5.71. The predicted molar refractivity (Wildman–Crippen MR) is 41.3 cm³/mol. The van der Waals surface area contributed by atoms with Crippen molar-refractivity contribution in [3.05, 3.63) is 0 Å². The van der Waals surface area contributed by atoms with Gasteiger partial charge in [-0.1, -0.05) is 20.8 Å². The van der Waals surface area contributed by atoms with Crippen LogP contribution in [-0.2, 0) is 9.59 Å². The number of carbonyl (C=O) groups is 2. The van der Waals surface area contributed by atoms with Crippen molar-refractivity contribution in [2.75, 3.05) is 0 Å². The smallest absolute Gasteiger partial charge is 0.241 e. The topological polar surface area (TPSA) is 58.2 Å². The minimum Gasteiger partial charge on any atom is -0.277 e. The molecule has 0 aromatic heterocycles. The monoisotopic (exact) mass is 158 g/mol. The van der Waals surface area contributed by atoms with Crippen LogP contribution in [0.15, 0.2) is 0 Å². The SMILES string of the molecule is CC(C)C(C)C(=O)NNC=O. The molecule has 0 aliphatic carbocycles. The molecular formula is C7H14N2O2. The zero-order valence-corrected chi connectivity index (χ0v) is 7.05. The summed E-state index contributed by atoms with van der Waals surface area (Å²) in [5.41, 5.74) is 4.36. The van der Waals surface area contributed by atoms with Gasteiger partial charge < -0.3 is 0 Å². The summed E-state index contributed by atoms with van der Waals surface area (Å²) in [6, 6.07) is 0. The number of hydrazine groups is 1. The van der Waals surface area contributed by atoms with Crippen molar-refractivity contribution < 1.29 is 9.59 Å². The lowest BCUT2D eigenvalue weighted by molar-refractivity contribution is -0.128. The second kappa shape index (κ2) is 4.71. The Balaban J connectivity index is 3.73. The summed E-state index contributed by atoms with van der Waals surface area (Å²) in [7, 11) is 0. The first kappa shape index (κ1) is 9.94. The van der Waals surface area contributed by atoms with Gasteiger partial charge in [-0.25, -0.2) is 0 Å². The molecule has 4 heteroatoms. The average molecular weight is 158 g/mol. The highest BCUT2D eigenvalue weighted by Crippen LogP contribution is 2.08. The van der Waals surface area contributed by atoms with E-state index in [9.17, 15) is 9.59 Å². The van der Waals surface area contributed by atoms with Crippen molar-refractivity contribution in [1.82, 2.24) is 10.9 Å². The Morgan fingerprint density at radius 2 is 1.91 bits per heavy atom. The number of carbonyl (C=O) groups excluding carboxylic acids is 2. The van der Waals surface area contributed by atoms with Gasteiger partial charge in [0.1, 0.15) is 0 Å². The van der Waals surface area contributed by atoms with Crippen LogP contribution in [0, 0.1) is 11.8 Å². The summed E-state index contributed by atoms with van der Waals surface area (Å²) in [5.74, 6) is 0.0398. The quantitative estimate of drug-likeness (QED) is 0.449. The molecule has 0 saturated heterocycles. The predicted octanol–water partition coefficient (Wildman–Crippen LogP) is 0.0557. The van der Waals surface area contributed by atoms with E-state index < -0.39 is 0 Å². The van der Waals surface area contributed by atoms with Gasteiger partial charge >= 0.3 is 0 Å². The molecule has 0 heterocycles. The first-order chi connectivity index (χ1) is 5.09. The molecule has 0 aliphatic rings. The second-order valence-corrected chi connectivity index (χ2v) is 2.78. The van der Waals surface area contributed by atoms with Crippen LogP contribution in [-0.4, -0.2) is 12.3 Å². The third kappa shape index (κ3) is 3.60. The van der Waals surface area contributed by atoms with E-state index >= 15 is 0 Å². The fraction of sp³-hybridized carbons (Fsp3) is 0.714. The zero-order chi connectivity index (χ0) is 8.85. The lowest BCUT2D eigenvalue weighted by Gasteiger charge is -2.13. The molecule has 0 radical (unpaired) electrons. The molecule has 0 aliphatic heterocycles. The Kier molecular flexibility index (Phi) is 4.26. The molecule has 0 aromatic rings. The molecule has 0 bridgehead atoms. The highest BCUT2D eigenvalue weighted by Gasteiger charge is 2.15. The van der Waals surface area contributed by atoms with Gasteiger partial charge in [-0.15, -0.1) is 0 Å². The normalized spacial score (nSPS) is 12.4. The van der Waals surface area contributed by atoms with Gasteiger partial charge in [-0.2, -0.15) is 0 Å². The van der Waals surface area contributed by atoms with Gasteiger partial charge in [0.25, 0.3) is 0 Å². The van der Waals surface area contributed by atoms with Gasteiger partial charge in [-0.05, 0) is 5.92 Å². The molecule has 4 nitrogen and oxygen atoms in total. The Labute approximate surface area is 66.3 Å². The average Bonchev–Trinajstić information content (AvgIpc) is 1.98. The van der Waals surface area contributed by atoms with Gasteiger partial charge in [0.05, 0.1) is 0 Å². The highest BCUT2D eigenvalue weighted by molar-refractivity contribution is 5.79. The Bertz CT molecular complexity index is 145. The van der Waals surface area contributed by atoms with E-state index in [2.05, 4.69) is 10.9 Å². The molecule has 2 amide bonds. The molecule has 0 aromatic carbocycles. The van der Waals surface area contributed by atoms with Crippen LogP contribution < -0.4 is 10.9 Å². The minimum absolute atomic E-state index is 0.0811. The number of hydrogen-bond acceptors (Lipinski definition) is 2. The molecule has 64 valence electrons. The molecule has 11 heavy (non-hydrogen) atoms. The largest absolute Gasteiger partial charge is 0.277 e. The molecule has 0 fully saturated rings. The third-order valence-corrected chi connectivity index (χ3v) is 1.67. The lowest BCUT2D eigenvalue weighted by Crippen LogP contribution is -2.40. The van der Waals surface area contributed by atoms with E-state index in [0.29, 0.717) is 6.41 Å². The second-order valence-electron chi connectivity index (χ2n) is 2.78. The van der Waals surface area contributed by atoms with Crippen LogP contribution in [0.4, 0.5) is 0 Å². The van der Waals surface area contributed by atoms with Gasteiger partial charge in [0, 0.05) is 5.92 Å². The molecule has 2 N–H and O–H groups in total. The zero-order valence-electron chi connectivity index (χ0n) is 7.05. The van der Waals surface area contributed by atoms with Crippen LogP contribution in [0.2, 0.25) is 0 Å². The van der Waals surface area contributed by atoms with Crippen molar-refractivity contribution in [1.29, 1.82) is 0 Å². The van der Waals surface area contributed by atoms with Crippen LogP contribution in [0.5, 0.6) is 0 Å². The maximum Gasteiger partial charge on any atom is 0.241 e. The molecule has 1 atom stereocenters. The van der Waals surface area contributed by atoms with E-state index in [4.69, 9.17) is 0 Å². The fourth-order valence-electron chi connectivity index (χ4n) is 0.517. The number of rotatable bonds is 4. The number of nitrogens with one attached hydrogen (secondary N) is 2. The van der Waals surface area contributed by atoms with Crippen LogP contribution in [0.1, 0.15) is 20.8 Å². The van der Waals surface area contributed by atoms with E-state index in [1.54, 1.807) is 0 Å². The van der Waals surface area contributed by atoms with E-state index in [1.165, 1.54) is 0 Å². The maximum absolute atomic E-state index is 11.0. The Hall–Kier alpha value is -1.06. The van der Waals surface area contributed by atoms with E-state index in [0.717, 1.165) is 0 Å². The third-order valence-electron chi connectivity index (χ3n) is 1.67. The highest BCUT2D eigenvalue weighted by atomic mass is 16.2. The summed E-state index contributed by atoms with van der Waals surface area (Å²) >= 11 is 0. The first-order valence-electron chi connectivity index (χ1n) is 3.58.